The number of para-hydroxylation sites is 3. The minimum atomic E-state index is 0.890. The molecule has 0 saturated carbocycles. The summed E-state index contributed by atoms with van der Waals surface area (Å²) in [6.07, 6.45) is 0. The molecule has 0 amide bonds. The van der Waals surface area contributed by atoms with E-state index in [-0.39, 0.29) is 0 Å². The first-order valence-corrected chi connectivity index (χ1v) is 23.7. The van der Waals surface area contributed by atoms with Crippen molar-refractivity contribution >= 4 is 93.1 Å². The van der Waals surface area contributed by atoms with Crippen molar-refractivity contribution in [1.29, 1.82) is 0 Å². The fourth-order valence-corrected chi connectivity index (χ4v) is 11.0. The molecule has 3 heteroatoms. The molecule has 0 aliphatic carbocycles. The van der Waals surface area contributed by atoms with Gasteiger partial charge in [0.2, 0.25) is 0 Å². The van der Waals surface area contributed by atoms with Gasteiger partial charge in [0.25, 0.3) is 0 Å². The molecule has 0 atom stereocenters. The largest absolute Gasteiger partial charge is 0.456 e. The van der Waals surface area contributed by atoms with E-state index in [0.29, 0.717) is 0 Å². The van der Waals surface area contributed by atoms with Gasteiger partial charge in [-0.25, -0.2) is 0 Å². The Labute approximate surface area is 399 Å². The second-order valence-corrected chi connectivity index (χ2v) is 18.0. The van der Waals surface area contributed by atoms with Gasteiger partial charge in [-0.2, -0.15) is 0 Å². The molecular formula is C66H42N2O. The molecule has 0 aliphatic rings. The van der Waals surface area contributed by atoms with Crippen LogP contribution in [-0.4, -0.2) is 4.57 Å². The molecule has 0 aliphatic heterocycles. The van der Waals surface area contributed by atoms with Crippen LogP contribution in [0.1, 0.15) is 0 Å². The predicted octanol–water partition coefficient (Wildman–Crippen LogP) is 18.6. The maximum Gasteiger partial charge on any atom is 0.136 e. The molecule has 3 nitrogen and oxygen atoms in total. The van der Waals surface area contributed by atoms with Crippen molar-refractivity contribution in [3.63, 3.8) is 0 Å². The van der Waals surface area contributed by atoms with E-state index in [1.807, 2.05) is 6.07 Å². The summed E-state index contributed by atoms with van der Waals surface area (Å²) in [5.41, 5.74) is 15.6. The number of nitrogens with zero attached hydrogens (tertiary/aromatic N) is 2. The van der Waals surface area contributed by atoms with E-state index in [0.717, 1.165) is 61.4 Å². The molecule has 0 fully saturated rings. The van der Waals surface area contributed by atoms with Gasteiger partial charge in [0.05, 0.1) is 11.0 Å². The number of benzene rings is 12. The molecule has 12 aromatic carbocycles. The summed E-state index contributed by atoms with van der Waals surface area (Å²) in [5, 5.41) is 12.3. The van der Waals surface area contributed by atoms with E-state index in [2.05, 4.69) is 258 Å². The lowest BCUT2D eigenvalue weighted by atomic mass is 9.94. The van der Waals surface area contributed by atoms with Crippen LogP contribution in [0.15, 0.2) is 259 Å². The van der Waals surface area contributed by atoms with E-state index in [1.165, 1.54) is 70.8 Å². The van der Waals surface area contributed by atoms with Gasteiger partial charge < -0.3 is 13.9 Å². The van der Waals surface area contributed by atoms with E-state index in [1.54, 1.807) is 0 Å². The van der Waals surface area contributed by atoms with E-state index in [4.69, 9.17) is 4.42 Å². The summed E-state index contributed by atoms with van der Waals surface area (Å²) in [7, 11) is 0. The molecular weight excluding hydrogens is 837 g/mol. The fourth-order valence-electron chi connectivity index (χ4n) is 11.0. The monoisotopic (exact) mass is 878 g/mol. The van der Waals surface area contributed by atoms with Crippen LogP contribution in [0.5, 0.6) is 0 Å². The van der Waals surface area contributed by atoms with Gasteiger partial charge in [-0.05, 0) is 145 Å². The van der Waals surface area contributed by atoms with Gasteiger partial charge in [-0.15, -0.1) is 0 Å². The van der Waals surface area contributed by atoms with Crippen molar-refractivity contribution < 1.29 is 4.42 Å². The molecule has 14 aromatic rings. The van der Waals surface area contributed by atoms with Crippen molar-refractivity contribution in [2.45, 2.75) is 0 Å². The van der Waals surface area contributed by atoms with Crippen LogP contribution in [0.3, 0.4) is 0 Å². The first-order chi connectivity index (χ1) is 34.2. The van der Waals surface area contributed by atoms with Crippen molar-refractivity contribution in [3.8, 4) is 39.1 Å². The topological polar surface area (TPSA) is 21.3 Å². The molecule has 14 rings (SSSR count). The zero-order valence-electron chi connectivity index (χ0n) is 37.6. The highest BCUT2D eigenvalue weighted by molar-refractivity contribution is 6.26. The lowest BCUT2D eigenvalue weighted by molar-refractivity contribution is 0.669. The summed E-state index contributed by atoms with van der Waals surface area (Å²) in [4.78, 5) is 2.40. The van der Waals surface area contributed by atoms with Crippen LogP contribution in [-0.2, 0) is 0 Å². The highest BCUT2D eigenvalue weighted by Crippen LogP contribution is 2.44. The lowest BCUT2D eigenvalue weighted by Gasteiger charge is -2.27. The van der Waals surface area contributed by atoms with Gasteiger partial charge in [-0.3, -0.25) is 0 Å². The number of rotatable bonds is 7. The molecule has 0 radical (unpaired) electrons. The molecule has 2 heterocycles. The van der Waals surface area contributed by atoms with Crippen LogP contribution in [0.2, 0.25) is 0 Å². The third-order valence-corrected chi connectivity index (χ3v) is 14.2. The summed E-state index contributed by atoms with van der Waals surface area (Å²) in [5.74, 6) is 0. The fraction of sp³-hybridized carbons (Fsp3) is 0. The second kappa shape index (κ2) is 15.7. The maximum absolute atomic E-state index is 6.35. The zero-order valence-corrected chi connectivity index (χ0v) is 37.6. The molecule has 0 saturated heterocycles. The summed E-state index contributed by atoms with van der Waals surface area (Å²) < 4.78 is 8.72. The number of anilines is 3. The lowest BCUT2D eigenvalue weighted by Crippen LogP contribution is -2.10. The van der Waals surface area contributed by atoms with Crippen molar-refractivity contribution in [2.75, 3.05) is 4.90 Å². The Morgan fingerprint density at radius 2 is 0.754 bits per heavy atom. The Hall–Kier alpha value is -9.18. The minimum Gasteiger partial charge on any atom is -0.456 e. The van der Waals surface area contributed by atoms with E-state index >= 15 is 0 Å². The molecule has 322 valence electrons. The van der Waals surface area contributed by atoms with E-state index < -0.39 is 0 Å². The normalized spacial score (nSPS) is 11.8. The van der Waals surface area contributed by atoms with Gasteiger partial charge >= 0.3 is 0 Å². The number of furan rings is 1. The molecule has 2 aromatic heterocycles. The molecule has 0 N–H and O–H groups in total. The van der Waals surface area contributed by atoms with Gasteiger partial charge in [0.15, 0.2) is 0 Å². The quantitative estimate of drug-likeness (QED) is 0.149. The first kappa shape index (κ1) is 39.0. The zero-order chi connectivity index (χ0) is 45.4. The van der Waals surface area contributed by atoms with Crippen molar-refractivity contribution in [1.82, 2.24) is 4.57 Å². The highest BCUT2D eigenvalue weighted by atomic mass is 16.3. The number of aromatic nitrogens is 1. The molecule has 0 spiro atoms. The van der Waals surface area contributed by atoms with Gasteiger partial charge in [0, 0.05) is 44.3 Å². The summed E-state index contributed by atoms with van der Waals surface area (Å²) in [6.45, 7) is 0. The van der Waals surface area contributed by atoms with Gasteiger partial charge in [-0.1, -0.05) is 176 Å². The average Bonchev–Trinajstić information content (AvgIpc) is 3.98. The first-order valence-electron chi connectivity index (χ1n) is 23.7. The standard InChI is InChI=1S/C66H42N2O/c1-2-20-55-53(18-1)54-19-3-4-21-56(54)61-42-51(38-39-57(55)61)67(50-17-12-16-47(41-50)52-25-13-29-65-66(52)60-24-7-10-28-64(60)69-65)48-34-30-43(31-35-48)45-14-11-15-46(40-45)44-32-36-49(37-33-44)68-62-26-8-5-22-58(62)59-23-6-9-27-63(59)68/h1-42H. The Morgan fingerprint density at radius 3 is 1.42 bits per heavy atom. The smallest absolute Gasteiger partial charge is 0.136 e. The van der Waals surface area contributed by atoms with Crippen LogP contribution < -0.4 is 4.90 Å². The van der Waals surface area contributed by atoms with Crippen LogP contribution in [0.25, 0.3) is 115 Å². The Kier molecular flexibility index (Phi) is 8.90. The third-order valence-electron chi connectivity index (χ3n) is 14.2. The Bertz CT molecular complexity index is 4220. The third kappa shape index (κ3) is 6.36. The number of hydrogen-bond donors (Lipinski definition) is 0. The number of hydrogen-bond acceptors (Lipinski definition) is 2. The Morgan fingerprint density at radius 1 is 0.275 bits per heavy atom. The average molecular weight is 879 g/mol. The highest BCUT2D eigenvalue weighted by Gasteiger charge is 2.19. The molecule has 0 unspecified atom stereocenters. The Balaban J connectivity index is 0.867. The molecule has 0 bridgehead atoms. The van der Waals surface area contributed by atoms with Crippen molar-refractivity contribution in [2.24, 2.45) is 0 Å². The SMILES string of the molecule is c1cc(-c2ccc(N(c3cccc(-c4cccc5oc6ccccc6c45)c3)c3ccc4c5ccccc5c5ccccc5c4c3)cc2)cc(-c2ccc(-n3c4ccccc4c4ccccc43)cc2)c1. The van der Waals surface area contributed by atoms with E-state index in [9.17, 15) is 0 Å². The van der Waals surface area contributed by atoms with Crippen molar-refractivity contribution in [3.05, 3.63) is 255 Å². The maximum atomic E-state index is 6.35. The number of fused-ring (bicyclic) bond motifs is 12. The second-order valence-electron chi connectivity index (χ2n) is 18.0. The van der Waals surface area contributed by atoms with Crippen LogP contribution in [0, 0.1) is 0 Å². The predicted molar refractivity (Wildman–Crippen MR) is 292 cm³/mol. The summed E-state index contributed by atoms with van der Waals surface area (Å²) >= 11 is 0. The van der Waals surface area contributed by atoms with Crippen LogP contribution in [0.4, 0.5) is 17.1 Å². The summed E-state index contributed by atoms with van der Waals surface area (Å²) in [6, 6.07) is 92.5. The minimum absolute atomic E-state index is 0.890. The van der Waals surface area contributed by atoms with Gasteiger partial charge in [0.1, 0.15) is 11.2 Å². The van der Waals surface area contributed by atoms with Crippen LogP contribution >= 0.6 is 0 Å². The molecule has 69 heavy (non-hydrogen) atoms.